The fourth-order valence-electron chi connectivity index (χ4n) is 14.8. The monoisotopic (exact) mass is 774 g/mol. The summed E-state index contributed by atoms with van der Waals surface area (Å²) in [6.45, 7) is 10.4. The van der Waals surface area contributed by atoms with Crippen LogP contribution in [0.3, 0.4) is 0 Å². The van der Waals surface area contributed by atoms with Gasteiger partial charge in [-0.1, -0.05) is 90.0 Å². The molecule has 8 fully saturated rings. The first-order valence-corrected chi connectivity index (χ1v) is 24.1. The molecule has 1 amide bonds. The van der Waals surface area contributed by atoms with Crippen LogP contribution in [0.5, 0.6) is 0 Å². The second kappa shape index (κ2) is 18.8. The molecule has 9 nitrogen and oxygen atoms in total. The van der Waals surface area contributed by atoms with Crippen LogP contribution in [0.1, 0.15) is 148 Å². The molecular formula is C47H79N7O2. The van der Waals surface area contributed by atoms with Gasteiger partial charge in [-0.15, -0.1) is 0 Å². The Hall–Kier alpha value is -1.54. The Morgan fingerprint density at radius 3 is 2.29 bits per heavy atom. The summed E-state index contributed by atoms with van der Waals surface area (Å²) in [4.78, 5) is 20.4. The number of fused-ring (bicyclic) bond motifs is 3. The first-order valence-electron chi connectivity index (χ1n) is 24.1. The molecule has 1 spiro atoms. The molecule has 0 radical (unpaired) electrons. The van der Waals surface area contributed by atoms with Crippen LogP contribution in [0.2, 0.25) is 0 Å². The van der Waals surface area contributed by atoms with Gasteiger partial charge in [-0.25, -0.2) is 0 Å². The zero-order valence-corrected chi connectivity index (χ0v) is 35.4. The molecule has 4 heterocycles. The molecule has 4 aliphatic heterocycles. The summed E-state index contributed by atoms with van der Waals surface area (Å²) < 4.78 is 7.10. The van der Waals surface area contributed by atoms with Gasteiger partial charge in [0, 0.05) is 37.6 Å². The van der Waals surface area contributed by atoms with E-state index in [-0.39, 0.29) is 24.0 Å². The summed E-state index contributed by atoms with van der Waals surface area (Å²) in [5, 5.41) is 22.8. The van der Waals surface area contributed by atoms with Crippen LogP contribution >= 0.6 is 0 Å². The van der Waals surface area contributed by atoms with Crippen molar-refractivity contribution in [3.8, 4) is 6.07 Å². The highest BCUT2D eigenvalue weighted by Crippen LogP contribution is 2.60. The van der Waals surface area contributed by atoms with E-state index in [9.17, 15) is 10.1 Å². The van der Waals surface area contributed by atoms with Gasteiger partial charge >= 0.3 is 0 Å². The second-order valence-electron chi connectivity index (χ2n) is 20.3. The summed E-state index contributed by atoms with van der Waals surface area (Å²) in [7, 11) is 2.27. The van der Waals surface area contributed by atoms with Gasteiger partial charge in [0.05, 0.1) is 30.8 Å². The van der Waals surface area contributed by atoms with Gasteiger partial charge in [0.15, 0.2) is 6.35 Å². The lowest BCUT2D eigenvalue weighted by atomic mass is 9.49. The Balaban J connectivity index is 1.12. The Morgan fingerprint density at radius 2 is 1.57 bits per heavy atom. The van der Waals surface area contributed by atoms with Gasteiger partial charge in [-0.05, 0) is 126 Å². The van der Waals surface area contributed by atoms with E-state index in [0.717, 1.165) is 49.9 Å². The van der Waals surface area contributed by atoms with E-state index in [1.165, 1.54) is 160 Å². The van der Waals surface area contributed by atoms with Gasteiger partial charge in [0.2, 0.25) is 5.91 Å². The minimum atomic E-state index is -0.238. The van der Waals surface area contributed by atoms with Crippen LogP contribution in [-0.4, -0.2) is 104 Å². The normalized spacial score (nSPS) is 41.4. The molecule has 8 aliphatic rings. The van der Waals surface area contributed by atoms with Gasteiger partial charge in [-0.3, -0.25) is 20.3 Å². The maximum Gasteiger partial charge on any atom is 0.246 e. The smallest absolute Gasteiger partial charge is 0.246 e. The summed E-state index contributed by atoms with van der Waals surface area (Å²) in [6, 6.07) is 3.20. The number of ether oxygens (including phenoxy) is 1. The third-order valence-corrected chi connectivity index (χ3v) is 17.6. The largest absolute Gasteiger partial charge is 0.348 e. The molecule has 0 bridgehead atoms. The van der Waals surface area contributed by atoms with Crippen molar-refractivity contribution in [2.75, 3.05) is 52.9 Å². The molecule has 8 rings (SSSR count). The molecule has 0 aromatic heterocycles. The fourth-order valence-corrected chi connectivity index (χ4v) is 14.8. The number of piperidine rings is 1. The molecule has 0 aromatic carbocycles. The summed E-state index contributed by atoms with van der Waals surface area (Å²) in [5.41, 5.74) is 0.140. The summed E-state index contributed by atoms with van der Waals surface area (Å²) in [6.07, 6.45) is 31.3. The van der Waals surface area contributed by atoms with Gasteiger partial charge < -0.3 is 19.9 Å². The number of nitriles is 1. The molecule has 0 aromatic rings. The average Bonchev–Trinajstić information content (AvgIpc) is 3.60. The lowest BCUT2D eigenvalue weighted by molar-refractivity contribution is -0.194. The highest BCUT2D eigenvalue weighted by molar-refractivity contribution is 5.87. The maximum atomic E-state index is 13.2. The number of nitrogens with one attached hydrogen (secondary N) is 3. The van der Waals surface area contributed by atoms with Crippen LogP contribution < -0.4 is 16.0 Å². The minimum Gasteiger partial charge on any atom is -0.348 e. The van der Waals surface area contributed by atoms with Gasteiger partial charge in [0.25, 0.3) is 0 Å². The van der Waals surface area contributed by atoms with E-state index in [0.29, 0.717) is 42.3 Å². The van der Waals surface area contributed by atoms with E-state index in [2.05, 4.69) is 45.4 Å². The predicted octanol–water partition coefficient (Wildman–Crippen LogP) is 7.39. The van der Waals surface area contributed by atoms with E-state index < -0.39 is 0 Å². The molecule has 10 atom stereocenters. The van der Waals surface area contributed by atoms with Crippen LogP contribution in [-0.2, 0) is 9.53 Å². The highest BCUT2D eigenvalue weighted by atomic mass is 16.5. The average molecular weight is 774 g/mol. The Kier molecular flexibility index (Phi) is 13.8. The number of rotatable bonds is 8. The second-order valence-corrected chi connectivity index (χ2v) is 20.3. The zero-order valence-electron chi connectivity index (χ0n) is 35.4. The lowest BCUT2D eigenvalue weighted by Gasteiger charge is -2.66. The SMILES string of the molecule is C=CC(=O)N1CCN(C2(C3CCCCCCC3)NC(OC[C@@H]3CCCN3C)NC3C[C@@]4(CCCC5C(C6CCCCCCC6)CNCC54)CCC32)C[C@@H]1CC#N. The first-order chi connectivity index (χ1) is 27.5. The number of carbonyl (C=O) groups excluding carboxylic acids is 1. The minimum absolute atomic E-state index is 0.0341. The quantitative estimate of drug-likeness (QED) is 0.220. The van der Waals surface area contributed by atoms with Crippen molar-refractivity contribution < 1.29 is 9.53 Å². The standard InChI is InChI=1S/C47H79N7O2/c1-3-44(55)54-29-28-53(33-37(54)23-26-48)47(36-18-12-8-5-9-13-19-36)41-22-25-46(30-43(41)50-45(51-47)56-34-38-20-15-27-52(38)2)24-14-21-39-40(31-49-32-42(39)46)35-16-10-6-4-7-11-17-35/h3,35-43,45,49-51H,1,4-25,27-34H2,2H3/t37-,38-,39?,40?,41?,42?,43?,45?,46+,47?/m0/s1. The molecule has 4 aliphatic carbocycles. The number of hydrogen-bond acceptors (Lipinski definition) is 8. The van der Waals surface area contributed by atoms with Crippen LogP contribution in [0.4, 0.5) is 0 Å². The molecular weight excluding hydrogens is 695 g/mol. The van der Waals surface area contributed by atoms with E-state index in [1.807, 2.05) is 4.90 Å². The molecule has 314 valence electrons. The molecule has 56 heavy (non-hydrogen) atoms. The van der Waals surface area contributed by atoms with Crippen molar-refractivity contribution in [3.63, 3.8) is 0 Å². The summed E-state index contributed by atoms with van der Waals surface area (Å²) >= 11 is 0. The van der Waals surface area contributed by atoms with Crippen molar-refractivity contribution in [1.82, 2.24) is 30.7 Å². The zero-order chi connectivity index (χ0) is 38.5. The van der Waals surface area contributed by atoms with E-state index in [1.54, 1.807) is 0 Å². The molecule has 7 unspecified atom stereocenters. The van der Waals surface area contributed by atoms with Crippen molar-refractivity contribution in [3.05, 3.63) is 12.7 Å². The van der Waals surface area contributed by atoms with Crippen molar-refractivity contribution in [2.24, 2.45) is 40.9 Å². The van der Waals surface area contributed by atoms with Gasteiger partial charge in [0.1, 0.15) is 0 Å². The predicted molar refractivity (Wildman–Crippen MR) is 224 cm³/mol. The highest BCUT2D eigenvalue weighted by Gasteiger charge is 2.62. The van der Waals surface area contributed by atoms with E-state index >= 15 is 0 Å². The molecule has 9 heteroatoms. The summed E-state index contributed by atoms with van der Waals surface area (Å²) in [5.74, 6) is 4.33. The first kappa shape index (κ1) is 41.2. The number of carbonyl (C=O) groups is 1. The maximum absolute atomic E-state index is 13.2. The number of likely N-dealkylation sites (N-methyl/N-ethyl adjacent to an activating group) is 1. The number of hydrogen-bond donors (Lipinski definition) is 3. The Labute approximate surface area is 340 Å². The van der Waals surface area contributed by atoms with Crippen molar-refractivity contribution >= 4 is 5.91 Å². The van der Waals surface area contributed by atoms with Crippen molar-refractivity contribution in [1.29, 1.82) is 5.26 Å². The number of amides is 1. The lowest BCUT2D eigenvalue weighted by Crippen LogP contribution is -2.81. The third kappa shape index (κ3) is 8.42. The van der Waals surface area contributed by atoms with Crippen LogP contribution in [0.15, 0.2) is 12.7 Å². The van der Waals surface area contributed by atoms with Crippen LogP contribution in [0.25, 0.3) is 0 Å². The Morgan fingerprint density at radius 1 is 0.821 bits per heavy atom. The number of likely N-dealkylation sites (tertiary alicyclic amines) is 1. The Bertz CT molecular complexity index is 1340. The molecule has 3 N–H and O–H groups in total. The topological polar surface area (TPSA) is 95.9 Å². The molecule has 4 saturated carbocycles. The molecule has 4 saturated heterocycles. The number of nitrogens with zero attached hydrogens (tertiary/aromatic N) is 4. The van der Waals surface area contributed by atoms with E-state index in [4.69, 9.17) is 4.74 Å². The number of piperazine rings is 1. The fraction of sp³-hybridized carbons (Fsp3) is 0.915. The van der Waals surface area contributed by atoms with Gasteiger partial charge in [-0.2, -0.15) is 5.26 Å². The third-order valence-electron chi connectivity index (χ3n) is 17.6. The van der Waals surface area contributed by atoms with Crippen molar-refractivity contribution in [2.45, 2.75) is 178 Å². The van der Waals surface area contributed by atoms with Crippen LogP contribution in [0, 0.1) is 52.3 Å².